The molecule has 2 aliphatic rings. The molecular formula is C27H28ClN3O3S. The molecule has 5 rings (SSSR count). The molecule has 0 radical (unpaired) electrons. The smallest absolute Gasteiger partial charge is 0.322 e. The Morgan fingerprint density at radius 1 is 1.17 bits per heavy atom. The molecule has 35 heavy (non-hydrogen) atoms. The highest BCUT2D eigenvalue weighted by Crippen LogP contribution is 2.35. The van der Waals surface area contributed by atoms with Gasteiger partial charge in [-0.15, -0.1) is 11.3 Å². The first kappa shape index (κ1) is 23.7. The van der Waals surface area contributed by atoms with Crippen LogP contribution in [-0.4, -0.2) is 47.5 Å². The van der Waals surface area contributed by atoms with Gasteiger partial charge in [0.25, 0.3) is 0 Å². The normalized spacial score (nSPS) is 17.0. The molecule has 1 N–H and O–H groups in total. The van der Waals surface area contributed by atoms with Crippen molar-refractivity contribution >= 4 is 40.6 Å². The van der Waals surface area contributed by atoms with Gasteiger partial charge in [0, 0.05) is 28.2 Å². The molecule has 2 heterocycles. The number of carbonyl (C=O) groups excluding carboxylic acids is 2. The van der Waals surface area contributed by atoms with E-state index in [2.05, 4.69) is 16.8 Å². The van der Waals surface area contributed by atoms with E-state index in [1.165, 1.54) is 4.88 Å². The predicted octanol–water partition coefficient (Wildman–Crippen LogP) is 5.91. The van der Waals surface area contributed by atoms with Crippen LogP contribution < -0.4 is 10.1 Å². The summed E-state index contributed by atoms with van der Waals surface area (Å²) < 4.78 is 6.19. The Balaban J connectivity index is 1.31. The molecule has 1 aromatic heterocycles. The summed E-state index contributed by atoms with van der Waals surface area (Å²) in [5.74, 6) is 0.760. The van der Waals surface area contributed by atoms with Crippen molar-refractivity contribution in [1.82, 2.24) is 9.80 Å². The number of ether oxygens (including phenoxy) is 1. The third-order valence-electron chi connectivity index (χ3n) is 6.54. The van der Waals surface area contributed by atoms with E-state index in [0.717, 1.165) is 36.1 Å². The van der Waals surface area contributed by atoms with Crippen molar-refractivity contribution in [3.63, 3.8) is 0 Å². The van der Waals surface area contributed by atoms with E-state index in [4.69, 9.17) is 16.3 Å². The van der Waals surface area contributed by atoms with Crippen LogP contribution in [0.4, 0.5) is 10.5 Å². The first-order valence-corrected chi connectivity index (χ1v) is 13.1. The van der Waals surface area contributed by atoms with Crippen molar-refractivity contribution in [2.45, 2.75) is 38.3 Å². The van der Waals surface area contributed by atoms with Crippen LogP contribution >= 0.6 is 22.9 Å². The minimum atomic E-state index is -0.274. The first-order chi connectivity index (χ1) is 17.0. The summed E-state index contributed by atoms with van der Waals surface area (Å²) in [6, 6.07) is 16.7. The zero-order valence-electron chi connectivity index (χ0n) is 19.6. The Morgan fingerprint density at radius 3 is 2.77 bits per heavy atom. The number of thiophene rings is 1. The van der Waals surface area contributed by atoms with Gasteiger partial charge in [-0.3, -0.25) is 4.79 Å². The third-order valence-corrected chi connectivity index (χ3v) is 7.77. The lowest BCUT2D eigenvalue weighted by molar-refractivity contribution is -0.135. The summed E-state index contributed by atoms with van der Waals surface area (Å²) >= 11 is 7.79. The second-order valence-corrected chi connectivity index (χ2v) is 10.5. The maximum Gasteiger partial charge on any atom is 0.322 e. The zero-order valence-corrected chi connectivity index (χ0v) is 21.1. The third kappa shape index (κ3) is 5.46. The summed E-state index contributed by atoms with van der Waals surface area (Å²) in [6.07, 6.45) is 2.63. The minimum absolute atomic E-state index is 0.0391. The fraction of sp³-hybridized carbons (Fsp3) is 0.333. The molecular weight excluding hydrogens is 482 g/mol. The molecule has 3 amide bonds. The van der Waals surface area contributed by atoms with Gasteiger partial charge in [-0.05, 0) is 73.0 Å². The number of hydrogen-bond acceptors (Lipinski definition) is 4. The van der Waals surface area contributed by atoms with Gasteiger partial charge in [0.2, 0.25) is 5.91 Å². The number of aryl methyl sites for hydroxylation is 1. The first-order valence-electron chi connectivity index (χ1n) is 11.9. The van der Waals surface area contributed by atoms with Crippen LogP contribution in [0.15, 0.2) is 60.0 Å². The Bertz CT molecular complexity index is 1230. The number of anilines is 1. The van der Waals surface area contributed by atoms with Crippen molar-refractivity contribution in [2.75, 3.05) is 25.0 Å². The molecule has 0 spiro atoms. The van der Waals surface area contributed by atoms with Crippen LogP contribution in [-0.2, 0) is 11.2 Å². The molecule has 182 valence electrons. The van der Waals surface area contributed by atoms with Crippen molar-refractivity contribution in [2.24, 2.45) is 0 Å². The molecule has 6 nitrogen and oxygen atoms in total. The monoisotopic (exact) mass is 509 g/mol. The molecule has 1 aliphatic heterocycles. The van der Waals surface area contributed by atoms with Crippen molar-refractivity contribution in [3.8, 4) is 5.75 Å². The number of nitrogens with one attached hydrogen (secondary N) is 1. The van der Waals surface area contributed by atoms with Crippen molar-refractivity contribution < 1.29 is 14.3 Å². The number of benzene rings is 2. The van der Waals surface area contributed by atoms with Gasteiger partial charge in [0.1, 0.15) is 18.9 Å². The molecule has 0 saturated heterocycles. The van der Waals surface area contributed by atoms with E-state index in [1.54, 1.807) is 40.5 Å². The fourth-order valence-corrected chi connectivity index (χ4v) is 5.63. The summed E-state index contributed by atoms with van der Waals surface area (Å²) in [5.41, 5.74) is 2.82. The van der Waals surface area contributed by atoms with E-state index in [-0.39, 0.29) is 30.6 Å². The Kier molecular flexibility index (Phi) is 6.97. The van der Waals surface area contributed by atoms with Gasteiger partial charge < -0.3 is 19.9 Å². The summed E-state index contributed by atoms with van der Waals surface area (Å²) in [5, 5.41) is 5.52. The molecule has 8 heteroatoms. The molecule has 0 bridgehead atoms. The number of rotatable bonds is 7. The van der Waals surface area contributed by atoms with Crippen LogP contribution in [0.25, 0.3) is 0 Å². The topological polar surface area (TPSA) is 61.9 Å². The highest BCUT2D eigenvalue weighted by Gasteiger charge is 2.38. The molecule has 1 unspecified atom stereocenters. The van der Waals surface area contributed by atoms with E-state index in [1.807, 2.05) is 36.1 Å². The Hall–Kier alpha value is -3.03. The number of amides is 3. The van der Waals surface area contributed by atoms with Crippen LogP contribution in [0.1, 0.15) is 34.9 Å². The number of para-hydroxylation sites is 1. The van der Waals surface area contributed by atoms with Crippen LogP contribution in [0.5, 0.6) is 5.75 Å². The molecule has 3 aromatic rings. The number of urea groups is 1. The number of fused-ring (bicyclic) bond motifs is 1. The lowest BCUT2D eigenvalue weighted by atomic mass is 10.0. The highest BCUT2D eigenvalue weighted by atomic mass is 35.5. The predicted molar refractivity (Wildman–Crippen MR) is 139 cm³/mol. The number of halogens is 1. The average molecular weight is 510 g/mol. The van der Waals surface area contributed by atoms with Crippen molar-refractivity contribution in [3.05, 3.63) is 81.0 Å². The van der Waals surface area contributed by atoms with Gasteiger partial charge in [0.05, 0.1) is 6.04 Å². The van der Waals surface area contributed by atoms with Gasteiger partial charge in [-0.25, -0.2) is 4.79 Å². The Labute approximate surface area is 214 Å². The number of hydrogen-bond donors (Lipinski definition) is 1. The van der Waals surface area contributed by atoms with Crippen LogP contribution in [0.2, 0.25) is 5.02 Å². The van der Waals surface area contributed by atoms with E-state index in [0.29, 0.717) is 23.9 Å². The second-order valence-electron chi connectivity index (χ2n) is 9.03. The van der Waals surface area contributed by atoms with Gasteiger partial charge in [-0.1, -0.05) is 35.9 Å². The maximum absolute atomic E-state index is 13.6. The summed E-state index contributed by atoms with van der Waals surface area (Å²) in [6.45, 7) is 3.04. The molecule has 1 fully saturated rings. The minimum Gasteiger partial charge on any atom is -0.491 e. The van der Waals surface area contributed by atoms with Gasteiger partial charge in [-0.2, -0.15) is 0 Å². The number of carbonyl (C=O) groups is 2. The van der Waals surface area contributed by atoms with E-state index in [9.17, 15) is 9.59 Å². The molecule has 2 aromatic carbocycles. The molecule has 1 aliphatic carbocycles. The van der Waals surface area contributed by atoms with Gasteiger partial charge >= 0.3 is 6.03 Å². The molecule has 1 saturated carbocycles. The highest BCUT2D eigenvalue weighted by molar-refractivity contribution is 7.10. The number of nitrogens with zero attached hydrogens (tertiary/aromatic N) is 2. The van der Waals surface area contributed by atoms with Crippen LogP contribution in [0.3, 0.4) is 0 Å². The lowest BCUT2D eigenvalue weighted by Gasteiger charge is -2.37. The second kappa shape index (κ2) is 10.3. The van der Waals surface area contributed by atoms with E-state index < -0.39 is 0 Å². The largest absolute Gasteiger partial charge is 0.491 e. The van der Waals surface area contributed by atoms with Crippen molar-refractivity contribution in [1.29, 1.82) is 0 Å². The summed E-state index contributed by atoms with van der Waals surface area (Å²) in [7, 11) is 0. The zero-order chi connectivity index (χ0) is 24.4. The Morgan fingerprint density at radius 2 is 2.00 bits per heavy atom. The quantitative estimate of drug-likeness (QED) is 0.430. The van der Waals surface area contributed by atoms with Gasteiger partial charge in [0.15, 0.2) is 0 Å². The lowest BCUT2D eigenvalue weighted by Crippen LogP contribution is -2.49. The van der Waals surface area contributed by atoms with Crippen LogP contribution in [0, 0.1) is 6.92 Å². The maximum atomic E-state index is 13.6. The SMILES string of the molecule is Cc1ccccc1OCC1c2ccsc2CCN1C(=O)CN(C(=O)Nc1cccc(Cl)c1)C1CC1. The van der Waals surface area contributed by atoms with E-state index >= 15 is 0 Å². The molecule has 1 atom stereocenters. The standard InChI is InChI=1S/C27H28ClN3O3S/c1-18-5-2-3-8-24(18)34-17-23-22-12-14-35-25(22)11-13-30(23)26(32)16-31(21-9-10-21)27(33)29-20-7-4-6-19(28)15-20/h2-8,12,14-15,21,23H,9-11,13,16-17H2,1H3,(H,29,33). The summed E-state index contributed by atoms with van der Waals surface area (Å²) in [4.78, 5) is 31.5. The fourth-order valence-electron chi connectivity index (χ4n) is 4.51. The average Bonchev–Trinajstić information content (AvgIpc) is 3.57.